The van der Waals surface area contributed by atoms with Crippen LogP contribution < -0.4 is 15.8 Å². The SMILES string of the molecule is CC(C)(C)COc1cc(N)c(C=N)cc1Nc1ncnc2sc3c(c12)CCCC3.CN(C)C=O. The second-order valence-electron chi connectivity index (χ2n) is 9.78. The zero-order valence-electron chi connectivity index (χ0n) is 20.6. The normalized spacial score (nSPS) is 12.9. The highest BCUT2D eigenvalue weighted by Crippen LogP contribution is 2.40. The molecule has 182 valence electrons. The lowest BCUT2D eigenvalue weighted by Gasteiger charge is -2.21. The van der Waals surface area contributed by atoms with Crippen LogP contribution in [-0.4, -0.2) is 48.2 Å². The Kier molecular flexibility index (Phi) is 8.09. The van der Waals surface area contributed by atoms with Gasteiger partial charge in [-0.25, -0.2) is 9.97 Å². The summed E-state index contributed by atoms with van der Waals surface area (Å²) in [5.74, 6) is 1.45. The summed E-state index contributed by atoms with van der Waals surface area (Å²) in [6.45, 7) is 6.93. The molecule has 0 bridgehead atoms. The van der Waals surface area contributed by atoms with Gasteiger partial charge < -0.3 is 26.1 Å². The molecule has 0 atom stereocenters. The van der Waals surface area contributed by atoms with E-state index in [-0.39, 0.29) is 5.41 Å². The summed E-state index contributed by atoms with van der Waals surface area (Å²) in [6.07, 6.45) is 8.25. The van der Waals surface area contributed by atoms with E-state index >= 15 is 0 Å². The highest BCUT2D eigenvalue weighted by Gasteiger charge is 2.21. The fourth-order valence-corrected chi connectivity index (χ4v) is 4.79. The Morgan fingerprint density at radius 2 is 1.94 bits per heavy atom. The van der Waals surface area contributed by atoms with Gasteiger partial charge in [-0.15, -0.1) is 11.3 Å². The number of nitrogens with zero attached hydrogens (tertiary/aromatic N) is 3. The van der Waals surface area contributed by atoms with Gasteiger partial charge in [0.15, 0.2) is 0 Å². The van der Waals surface area contributed by atoms with Crippen LogP contribution in [0, 0.1) is 10.8 Å². The number of nitrogens with one attached hydrogen (secondary N) is 2. The van der Waals surface area contributed by atoms with Crippen molar-refractivity contribution in [3.05, 3.63) is 34.5 Å². The van der Waals surface area contributed by atoms with Gasteiger partial charge in [-0.2, -0.15) is 0 Å². The number of carbonyl (C=O) groups is 1. The van der Waals surface area contributed by atoms with Crippen LogP contribution in [0.1, 0.15) is 49.6 Å². The summed E-state index contributed by atoms with van der Waals surface area (Å²) in [7, 11) is 3.38. The van der Waals surface area contributed by atoms with Gasteiger partial charge in [0.1, 0.15) is 22.7 Å². The average molecular weight is 483 g/mol. The molecule has 0 unspecified atom stereocenters. The summed E-state index contributed by atoms with van der Waals surface area (Å²) < 4.78 is 6.10. The highest BCUT2D eigenvalue weighted by molar-refractivity contribution is 7.19. The zero-order valence-corrected chi connectivity index (χ0v) is 21.4. The first-order valence-electron chi connectivity index (χ1n) is 11.3. The van der Waals surface area contributed by atoms with Gasteiger partial charge in [0.25, 0.3) is 0 Å². The van der Waals surface area contributed by atoms with E-state index in [1.54, 1.807) is 37.8 Å². The van der Waals surface area contributed by atoms with Crippen LogP contribution in [0.5, 0.6) is 5.75 Å². The van der Waals surface area contributed by atoms with Crippen molar-refractivity contribution in [1.82, 2.24) is 14.9 Å². The van der Waals surface area contributed by atoms with E-state index in [2.05, 4.69) is 36.1 Å². The van der Waals surface area contributed by atoms with Crippen molar-refractivity contribution in [3.8, 4) is 5.75 Å². The van der Waals surface area contributed by atoms with Crippen molar-refractivity contribution in [2.24, 2.45) is 5.41 Å². The minimum atomic E-state index is 0.0147. The number of benzene rings is 1. The zero-order chi connectivity index (χ0) is 24.9. The lowest BCUT2D eigenvalue weighted by Crippen LogP contribution is -2.17. The number of anilines is 3. The third-order valence-electron chi connectivity index (χ3n) is 5.22. The van der Waals surface area contributed by atoms with Crippen molar-refractivity contribution >= 4 is 51.4 Å². The second kappa shape index (κ2) is 10.8. The third-order valence-corrected chi connectivity index (χ3v) is 6.42. The van der Waals surface area contributed by atoms with Crippen LogP contribution >= 0.6 is 11.3 Å². The summed E-state index contributed by atoms with van der Waals surface area (Å²) in [6, 6.07) is 3.64. The van der Waals surface area contributed by atoms with Gasteiger partial charge in [0.2, 0.25) is 6.41 Å². The molecule has 0 saturated carbocycles. The van der Waals surface area contributed by atoms with E-state index in [0.29, 0.717) is 23.6 Å². The van der Waals surface area contributed by atoms with E-state index in [1.807, 2.05) is 6.07 Å². The average Bonchev–Trinajstić information content (AvgIpc) is 3.18. The van der Waals surface area contributed by atoms with Crippen molar-refractivity contribution in [3.63, 3.8) is 0 Å². The monoisotopic (exact) mass is 482 g/mol. The molecule has 4 rings (SSSR count). The summed E-state index contributed by atoms with van der Waals surface area (Å²) >= 11 is 1.77. The number of hydrogen-bond donors (Lipinski definition) is 3. The van der Waals surface area contributed by atoms with E-state index in [9.17, 15) is 4.79 Å². The molecule has 0 spiro atoms. The number of carbonyl (C=O) groups excluding carboxylic acids is 1. The highest BCUT2D eigenvalue weighted by atomic mass is 32.1. The standard InChI is InChI=1S/C22H27N5OS.C3H7NO/c1-22(2,3)11-28-17-9-15(24)13(10-23)8-16(17)27-20-19-14-6-4-5-7-18(14)29-21(19)26-12-25-20;1-4(2)3-5/h8-10,12,23H,4-7,11,24H2,1-3H3,(H,25,26,27);3H,1-2H3. The fraction of sp³-hybridized carbons (Fsp3) is 0.440. The molecule has 8 nitrogen and oxygen atoms in total. The number of fused-ring (bicyclic) bond motifs is 3. The molecule has 0 aliphatic heterocycles. The number of thiophene rings is 1. The lowest BCUT2D eigenvalue weighted by atomic mass is 9.97. The predicted molar refractivity (Wildman–Crippen MR) is 141 cm³/mol. The summed E-state index contributed by atoms with van der Waals surface area (Å²) in [4.78, 5) is 22.4. The van der Waals surface area contributed by atoms with Crippen LogP contribution in [0.3, 0.4) is 0 Å². The van der Waals surface area contributed by atoms with E-state index in [4.69, 9.17) is 15.9 Å². The van der Waals surface area contributed by atoms with Gasteiger partial charge in [-0.05, 0) is 42.7 Å². The van der Waals surface area contributed by atoms with Crippen LogP contribution in [0.4, 0.5) is 17.2 Å². The Hall–Kier alpha value is -3.20. The number of nitrogens with two attached hydrogens (primary N) is 1. The Labute approximate surface area is 205 Å². The fourth-order valence-electron chi connectivity index (χ4n) is 3.56. The number of ether oxygens (including phenoxy) is 1. The number of aromatic nitrogens is 2. The van der Waals surface area contributed by atoms with Gasteiger partial charge in [0.05, 0.1) is 17.7 Å². The number of nitrogen functional groups attached to an aromatic ring is 1. The minimum absolute atomic E-state index is 0.0147. The van der Waals surface area contributed by atoms with Crippen molar-refractivity contribution in [2.75, 3.05) is 31.8 Å². The van der Waals surface area contributed by atoms with Crippen LogP contribution in [0.2, 0.25) is 0 Å². The van der Waals surface area contributed by atoms with E-state index in [1.165, 1.54) is 34.4 Å². The number of rotatable bonds is 6. The molecule has 9 heteroatoms. The number of amides is 1. The Bertz CT molecular complexity index is 1170. The first-order valence-corrected chi connectivity index (χ1v) is 12.2. The molecule has 2 aromatic heterocycles. The molecule has 1 amide bonds. The molecule has 1 aromatic carbocycles. The van der Waals surface area contributed by atoms with Crippen molar-refractivity contribution in [1.29, 1.82) is 5.41 Å². The largest absolute Gasteiger partial charge is 0.491 e. The Morgan fingerprint density at radius 1 is 1.24 bits per heavy atom. The molecular formula is C25H34N6O2S. The molecule has 0 fully saturated rings. The maximum atomic E-state index is 9.43. The molecule has 1 aliphatic carbocycles. The molecule has 1 aliphatic rings. The van der Waals surface area contributed by atoms with Crippen LogP contribution in [-0.2, 0) is 17.6 Å². The quantitative estimate of drug-likeness (QED) is 0.258. The predicted octanol–water partition coefficient (Wildman–Crippen LogP) is 5.02. The third kappa shape index (κ3) is 6.22. The smallest absolute Gasteiger partial charge is 0.209 e. The molecule has 2 heterocycles. The number of hydrogen-bond acceptors (Lipinski definition) is 8. The molecule has 0 saturated heterocycles. The van der Waals surface area contributed by atoms with Gasteiger partial charge >= 0.3 is 0 Å². The maximum Gasteiger partial charge on any atom is 0.209 e. The molecule has 0 radical (unpaired) electrons. The lowest BCUT2D eigenvalue weighted by molar-refractivity contribution is -0.115. The molecule has 4 N–H and O–H groups in total. The Morgan fingerprint density at radius 3 is 2.59 bits per heavy atom. The molecule has 34 heavy (non-hydrogen) atoms. The maximum absolute atomic E-state index is 9.43. The Balaban J connectivity index is 0.000000588. The van der Waals surface area contributed by atoms with E-state index < -0.39 is 0 Å². The van der Waals surface area contributed by atoms with Crippen molar-refractivity contribution < 1.29 is 9.53 Å². The minimum Gasteiger partial charge on any atom is -0.491 e. The van der Waals surface area contributed by atoms with Gasteiger partial charge in [0, 0.05) is 42.5 Å². The molecule has 3 aromatic rings. The number of aryl methyl sites for hydroxylation is 2. The van der Waals surface area contributed by atoms with Crippen LogP contribution in [0.25, 0.3) is 10.2 Å². The topological polar surface area (TPSA) is 117 Å². The first-order chi connectivity index (χ1) is 16.1. The van der Waals surface area contributed by atoms with Gasteiger partial charge in [-0.1, -0.05) is 20.8 Å². The first kappa shape index (κ1) is 25.4. The second-order valence-corrected chi connectivity index (χ2v) is 10.9. The van der Waals surface area contributed by atoms with E-state index in [0.717, 1.165) is 41.0 Å². The molecular weight excluding hydrogens is 448 g/mol. The summed E-state index contributed by atoms with van der Waals surface area (Å²) in [5, 5.41) is 12.2. The van der Waals surface area contributed by atoms with Crippen LogP contribution in [0.15, 0.2) is 18.5 Å². The summed E-state index contributed by atoms with van der Waals surface area (Å²) in [5.41, 5.74) is 9.44. The van der Waals surface area contributed by atoms with Gasteiger partial charge in [-0.3, -0.25) is 4.79 Å². The van der Waals surface area contributed by atoms with Crippen molar-refractivity contribution in [2.45, 2.75) is 46.5 Å².